The lowest BCUT2D eigenvalue weighted by molar-refractivity contribution is 0.544. The molecule has 1 heterocycles. The van der Waals surface area contributed by atoms with E-state index in [1.807, 2.05) is 20.9 Å². The standard InChI is InChI=1S/C13H16ClN3O/c1-4-17-12(8(2)15-3)16-11-7-9(14)5-6-10(11)13(17)18/h5-8,15H,4H2,1-3H3. The Morgan fingerprint density at radius 2 is 2.22 bits per heavy atom. The van der Waals surface area contributed by atoms with E-state index in [4.69, 9.17) is 11.6 Å². The largest absolute Gasteiger partial charge is 0.311 e. The lowest BCUT2D eigenvalue weighted by Gasteiger charge is -2.16. The number of aromatic nitrogens is 2. The number of fused-ring (bicyclic) bond motifs is 1. The second-order valence-electron chi connectivity index (χ2n) is 4.19. The Morgan fingerprint density at radius 1 is 1.50 bits per heavy atom. The van der Waals surface area contributed by atoms with Crippen molar-refractivity contribution >= 4 is 22.5 Å². The van der Waals surface area contributed by atoms with Gasteiger partial charge in [-0.25, -0.2) is 4.98 Å². The molecule has 0 aliphatic heterocycles. The summed E-state index contributed by atoms with van der Waals surface area (Å²) in [5.74, 6) is 0.736. The highest BCUT2D eigenvalue weighted by atomic mass is 35.5. The topological polar surface area (TPSA) is 46.9 Å². The number of hydrogen-bond donors (Lipinski definition) is 1. The van der Waals surface area contributed by atoms with Crippen LogP contribution in [0.25, 0.3) is 10.9 Å². The third kappa shape index (κ3) is 2.13. The van der Waals surface area contributed by atoms with Crippen molar-refractivity contribution in [1.82, 2.24) is 14.9 Å². The van der Waals surface area contributed by atoms with E-state index < -0.39 is 0 Å². The van der Waals surface area contributed by atoms with E-state index in [0.717, 1.165) is 5.82 Å². The first-order valence-corrected chi connectivity index (χ1v) is 6.33. The van der Waals surface area contributed by atoms with Crippen molar-refractivity contribution in [1.29, 1.82) is 0 Å². The van der Waals surface area contributed by atoms with Crippen LogP contribution in [0, 0.1) is 0 Å². The summed E-state index contributed by atoms with van der Waals surface area (Å²) in [5, 5.41) is 4.30. The lowest BCUT2D eigenvalue weighted by atomic mass is 10.2. The van der Waals surface area contributed by atoms with Gasteiger partial charge in [0.15, 0.2) is 0 Å². The van der Waals surface area contributed by atoms with Crippen molar-refractivity contribution < 1.29 is 0 Å². The quantitative estimate of drug-likeness (QED) is 0.927. The molecule has 96 valence electrons. The molecule has 0 spiro atoms. The Hall–Kier alpha value is -1.39. The lowest BCUT2D eigenvalue weighted by Crippen LogP contribution is -2.29. The first kappa shape index (κ1) is 13.1. The predicted molar refractivity (Wildman–Crippen MR) is 74.2 cm³/mol. The number of rotatable bonds is 3. The van der Waals surface area contributed by atoms with Crippen LogP contribution in [0.5, 0.6) is 0 Å². The predicted octanol–water partition coefficient (Wildman–Crippen LogP) is 2.35. The van der Waals surface area contributed by atoms with Gasteiger partial charge in [0.1, 0.15) is 5.82 Å². The van der Waals surface area contributed by atoms with Gasteiger partial charge in [-0.3, -0.25) is 9.36 Å². The fourth-order valence-corrected chi connectivity index (χ4v) is 2.14. The molecule has 1 unspecified atom stereocenters. The van der Waals surface area contributed by atoms with Crippen LogP contribution in [0.3, 0.4) is 0 Å². The Morgan fingerprint density at radius 3 is 2.83 bits per heavy atom. The van der Waals surface area contributed by atoms with Crippen LogP contribution < -0.4 is 10.9 Å². The van der Waals surface area contributed by atoms with Gasteiger partial charge in [0.2, 0.25) is 0 Å². The van der Waals surface area contributed by atoms with Gasteiger partial charge in [-0.05, 0) is 39.1 Å². The fourth-order valence-electron chi connectivity index (χ4n) is 1.98. The van der Waals surface area contributed by atoms with Crippen LogP contribution in [0.2, 0.25) is 5.02 Å². The van der Waals surface area contributed by atoms with Crippen LogP contribution in [-0.4, -0.2) is 16.6 Å². The summed E-state index contributed by atoms with van der Waals surface area (Å²) in [6.45, 7) is 4.52. The van der Waals surface area contributed by atoms with Crippen LogP contribution in [0.4, 0.5) is 0 Å². The van der Waals surface area contributed by atoms with Crippen LogP contribution in [-0.2, 0) is 6.54 Å². The molecule has 2 rings (SSSR count). The SMILES string of the molecule is CCn1c(C(C)NC)nc2cc(Cl)ccc2c1=O. The minimum Gasteiger partial charge on any atom is -0.311 e. The molecule has 4 nitrogen and oxygen atoms in total. The first-order valence-electron chi connectivity index (χ1n) is 5.95. The molecule has 0 aliphatic carbocycles. The fraction of sp³-hybridized carbons (Fsp3) is 0.385. The van der Waals surface area contributed by atoms with E-state index in [0.29, 0.717) is 22.5 Å². The monoisotopic (exact) mass is 265 g/mol. The molecule has 0 radical (unpaired) electrons. The molecular formula is C13H16ClN3O. The summed E-state index contributed by atoms with van der Waals surface area (Å²) in [7, 11) is 1.85. The van der Waals surface area contributed by atoms with Crippen molar-refractivity contribution in [3.8, 4) is 0 Å². The van der Waals surface area contributed by atoms with Gasteiger partial charge in [-0.15, -0.1) is 0 Å². The Balaban J connectivity index is 2.82. The highest BCUT2D eigenvalue weighted by Gasteiger charge is 2.14. The van der Waals surface area contributed by atoms with E-state index in [1.54, 1.807) is 22.8 Å². The zero-order valence-electron chi connectivity index (χ0n) is 10.7. The molecule has 0 fully saturated rings. The van der Waals surface area contributed by atoms with Crippen molar-refractivity contribution in [2.45, 2.75) is 26.4 Å². The summed E-state index contributed by atoms with van der Waals surface area (Å²) in [4.78, 5) is 16.9. The normalized spacial score (nSPS) is 12.9. The maximum atomic E-state index is 12.4. The zero-order chi connectivity index (χ0) is 13.3. The van der Waals surface area contributed by atoms with Crippen LogP contribution in [0.15, 0.2) is 23.0 Å². The van der Waals surface area contributed by atoms with E-state index >= 15 is 0 Å². The first-order chi connectivity index (χ1) is 8.58. The van der Waals surface area contributed by atoms with Crippen LogP contribution >= 0.6 is 11.6 Å². The van der Waals surface area contributed by atoms with Crippen molar-refractivity contribution in [2.24, 2.45) is 0 Å². The van der Waals surface area contributed by atoms with E-state index in [1.165, 1.54) is 0 Å². The van der Waals surface area contributed by atoms with Gasteiger partial charge in [-0.2, -0.15) is 0 Å². The molecule has 1 atom stereocenters. The molecule has 0 amide bonds. The van der Waals surface area contributed by atoms with Gasteiger partial charge in [0, 0.05) is 11.6 Å². The number of hydrogen-bond acceptors (Lipinski definition) is 3. The number of halogens is 1. The smallest absolute Gasteiger partial charge is 0.261 e. The summed E-state index contributed by atoms with van der Waals surface area (Å²) in [6.07, 6.45) is 0. The molecular weight excluding hydrogens is 250 g/mol. The maximum Gasteiger partial charge on any atom is 0.261 e. The molecule has 2 aromatic rings. The second-order valence-corrected chi connectivity index (χ2v) is 4.63. The average molecular weight is 266 g/mol. The summed E-state index contributed by atoms with van der Waals surface area (Å²) in [6, 6.07) is 5.19. The number of nitrogens with zero attached hydrogens (tertiary/aromatic N) is 2. The molecule has 1 N–H and O–H groups in total. The third-order valence-electron chi connectivity index (χ3n) is 3.08. The Labute approximate surface area is 111 Å². The van der Waals surface area contributed by atoms with Crippen LogP contribution in [0.1, 0.15) is 25.7 Å². The van der Waals surface area contributed by atoms with Gasteiger partial charge in [0.05, 0.1) is 16.9 Å². The van der Waals surface area contributed by atoms with Gasteiger partial charge in [-0.1, -0.05) is 11.6 Å². The minimum absolute atomic E-state index is 0.0148. The van der Waals surface area contributed by atoms with E-state index in [2.05, 4.69) is 10.3 Å². The van der Waals surface area contributed by atoms with Crippen molar-refractivity contribution in [3.63, 3.8) is 0 Å². The summed E-state index contributed by atoms with van der Waals surface area (Å²) in [5.41, 5.74) is 0.630. The number of benzene rings is 1. The van der Waals surface area contributed by atoms with Crippen molar-refractivity contribution in [2.75, 3.05) is 7.05 Å². The molecule has 0 saturated carbocycles. The third-order valence-corrected chi connectivity index (χ3v) is 3.32. The maximum absolute atomic E-state index is 12.4. The average Bonchev–Trinajstić information content (AvgIpc) is 2.37. The zero-order valence-corrected chi connectivity index (χ0v) is 11.5. The van der Waals surface area contributed by atoms with Crippen molar-refractivity contribution in [3.05, 3.63) is 39.4 Å². The van der Waals surface area contributed by atoms with Gasteiger partial charge >= 0.3 is 0 Å². The summed E-state index contributed by atoms with van der Waals surface area (Å²) >= 11 is 5.95. The number of nitrogens with one attached hydrogen (secondary N) is 1. The molecule has 0 bridgehead atoms. The Kier molecular flexibility index (Phi) is 3.68. The van der Waals surface area contributed by atoms with E-state index in [9.17, 15) is 4.79 Å². The highest BCUT2D eigenvalue weighted by Crippen LogP contribution is 2.17. The molecule has 1 aromatic heterocycles. The molecule has 0 saturated heterocycles. The Bertz CT molecular complexity index is 636. The van der Waals surface area contributed by atoms with E-state index in [-0.39, 0.29) is 11.6 Å². The summed E-state index contributed by atoms with van der Waals surface area (Å²) < 4.78 is 1.69. The molecule has 1 aromatic carbocycles. The second kappa shape index (κ2) is 5.08. The minimum atomic E-state index is -0.0173. The molecule has 18 heavy (non-hydrogen) atoms. The van der Waals surface area contributed by atoms with Gasteiger partial charge < -0.3 is 5.32 Å². The molecule has 5 heteroatoms. The molecule has 0 aliphatic rings. The van der Waals surface area contributed by atoms with Gasteiger partial charge in [0.25, 0.3) is 5.56 Å². The highest BCUT2D eigenvalue weighted by molar-refractivity contribution is 6.31.